The third-order valence-corrected chi connectivity index (χ3v) is 4.10. The van der Waals surface area contributed by atoms with E-state index in [0.29, 0.717) is 22.9 Å². The molecule has 0 saturated heterocycles. The van der Waals surface area contributed by atoms with Crippen molar-refractivity contribution < 1.29 is 14.3 Å². The molecule has 0 amide bonds. The maximum absolute atomic E-state index is 12.3. The van der Waals surface area contributed by atoms with Crippen LogP contribution in [0.15, 0.2) is 18.2 Å². The van der Waals surface area contributed by atoms with Gasteiger partial charge in [0.2, 0.25) is 0 Å². The lowest BCUT2D eigenvalue weighted by atomic mass is 9.85. The Kier molecular flexibility index (Phi) is 4.88. The first-order chi connectivity index (χ1) is 9.65. The van der Waals surface area contributed by atoms with Gasteiger partial charge < -0.3 is 15.2 Å². The van der Waals surface area contributed by atoms with Crippen LogP contribution in [0.5, 0.6) is 5.75 Å². The van der Waals surface area contributed by atoms with Gasteiger partial charge >= 0.3 is 5.97 Å². The van der Waals surface area contributed by atoms with Crippen LogP contribution in [0.2, 0.25) is 0 Å². The topological polar surface area (TPSA) is 61.5 Å². The van der Waals surface area contributed by atoms with Crippen LogP contribution < -0.4 is 10.5 Å². The van der Waals surface area contributed by atoms with Gasteiger partial charge in [-0.1, -0.05) is 13.3 Å². The molecule has 4 heteroatoms. The smallest absolute Gasteiger partial charge is 0.340 e. The number of carbonyl (C=O) groups is 1. The highest BCUT2D eigenvalue weighted by molar-refractivity contribution is 5.95. The summed E-state index contributed by atoms with van der Waals surface area (Å²) in [5.74, 6) is 0.797. The second kappa shape index (κ2) is 6.64. The second-order valence-electron chi connectivity index (χ2n) is 5.35. The van der Waals surface area contributed by atoms with Crippen LogP contribution in [0.1, 0.15) is 49.4 Å². The highest BCUT2D eigenvalue weighted by atomic mass is 16.5. The van der Waals surface area contributed by atoms with Gasteiger partial charge in [0.25, 0.3) is 0 Å². The Bertz CT molecular complexity index is 473. The molecule has 1 aromatic carbocycles. The molecular weight excluding hydrogens is 254 g/mol. The SMILES string of the molecule is CCC1CCCCC1OC(=O)c1ccc(OC)cc1N. The van der Waals surface area contributed by atoms with Crippen LogP contribution in [0.4, 0.5) is 5.69 Å². The van der Waals surface area contributed by atoms with E-state index in [0.717, 1.165) is 25.7 Å². The summed E-state index contributed by atoms with van der Waals surface area (Å²) in [6.07, 6.45) is 5.55. The Morgan fingerprint density at radius 1 is 1.35 bits per heavy atom. The van der Waals surface area contributed by atoms with Gasteiger partial charge in [0.15, 0.2) is 0 Å². The lowest BCUT2D eigenvalue weighted by Gasteiger charge is -2.30. The van der Waals surface area contributed by atoms with E-state index in [1.807, 2.05) is 0 Å². The second-order valence-corrected chi connectivity index (χ2v) is 5.35. The van der Waals surface area contributed by atoms with E-state index < -0.39 is 0 Å². The highest BCUT2D eigenvalue weighted by Crippen LogP contribution is 2.30. The van der Waals surface area contributed by atoms with E-state index in [9.17, 15) is 4.79 Å². The van der Waals surface area contributed by atoms with Crippen molar-refractivity contribution in [1.29, 1.82) is 0 Å². The average molecular weight is 277 g/mol. The average Bonchev–Trinajstić information content (AvgIpc) is 2.47. The molecule has 4 nitrogen and oxygen atoms in total. The van der Waals surface area contributed by atoms with Crippen LogP contribution in [-0.2, 0) is 4.74 Å². The van der Waals surface area contributed by atoms with Gasteiger partial charge in [-0.05, 0) is 43.7 Å². The molecule has 2 N–H and O–H groups in total. The summed E-state index contributed by atoms with van der Waals surface area (Å²) in [6, 6.07) is 5.04. The maximum Gasteiger partial charge on any atom is 0.340 e. The molecule has 1 saturated carbocycles. The molecular formula is C16H23NO3. The normalized spacial score (nSPS) is 22.3. The quantitative estimate of drug-likeness (QED) is 0.676. The molecule has 0 bridgehead atoms. The van der Waals surface area contributed by atoms with Crippen molar-refractivity contribution in [3.8, 4) is 5.75 Å². The number of carbonyl (C=O) groups excluding carboxylic acids is 1. The summed E-state index contributed by atoms with van der Waals surface area (Å²) < 4.78 is 10.8. The molecule has 1 aromatic rings. The fourth-order valence-electron chi connectivity index (χ4n) is 2.85. The molecule has 0 radical (unpaired) electrons. The summed E-state index contributed by atoms with van der Waals surface area (Å²) in [6.45, 7) is 2.15. The van der Waals surface area contributed by atoms with Crippen molar-refractivity contribution in [3.63, 3.8) is 0 Å². The molecule has 2 unspecified atom stereocenters. The van der Waals surface area contributed by atoms with Gasteiger partial charge in [-0.15, -0.1) is 0 Å². The van der Waals surface area contributed by atoms with Crippen molar-refractivity contribution in [1.82, 2.24) is 0 Å². The van der Waals surface area contributed by atoms with Gasteiger partial charge in [-0.25, -0.2) is 4.79 Å². The first-order valence-electron chi connectivity index (χ1n) is 7.30. The molecule has 20 heavy (non-hydrogen) atoms. The van der Waals surface area contributed by atoms with Gasteiger partial charge in [0, 0.05) is 11.8 Å². The van der Waals surface area contributed by atoms with Gasteiger partial charge in [0.1, 0.15) is 11.9 Å². The predicted octanol–water partition coefficient (Wildman–Crippen LogP) is 3.40. The number of ether oxygens (including phenoxy) is 2. The van der Waals surface area contributed by atoms with Crippen molar-refractivity contribution in [2.24, 2.45) is 5.92 Å². The zero-order valence-electron chi connectivity index (χ0n) is 12.2. The van der Waals surface area contributed by atoms with E-state index in [4.69, 9.17) is 15.2 Å². The number of hydrogen-bond donors (Lipinski definition) is 1. The Morgan fingerprint density at radius 3 is 2.75 bits per heavy atom. The molecule has 0 aliphatic heterocycles. The number of esters is 1. The summed E-state index contributed by atoms with van der Waals surface area (Å²) in [5, 5.41) is 0. The van der Waals surface area contributed by atoms with E-state index in [1.54, 1.807) is 25.3 Å². The molecule has 0 aromatic heterocycles. The fraction of sp³-hybridized carbons (Fsp3) is 0.562. The standard InChI is InChI=1S/C16H23NO3/c1-3-11-6-4-5-7-15(11)20-16(18)13-9-8-12(19-2)10-14(13)17/h8-11,15H,3-7,17H2,1-2H3. The first kappa shape index (κ1) is 14.7. The first-order valence-corrected chi connectivity index (χ1v) is 7.30. The maximum atomic E-state index is 12.3. The lowest BCUT2D eigenvalue weighted by Crippen LogP contribution is -2.30. The molecule has 2 atom stereocenters. The molecule has 1 aliphatic carbocycles. The Balaban J connectivity index is 2.07. The minimum atomic E-state index is -0.324. The lowest BCUT2D eigenvalue weighted by molar-refractivity contribution is 0.000820. The third-order valence-electron chi connectivity index (χ3n) is 4.10. The minimum absolute atomic E-state index is 0.0303. The van der Waals surface area contributed by atoms with Gasteiger partial charge in [0.05, 0.1) is 12.7 Å². The number of nitrogen functional groups attached to an aromatic ring is 1. The van der Waals surface area contributed by atoms with Crippen LogP contribution in [0.3, 0.4) is 0 Å². The minimum Gasteiger partial charge on any atom is -0.497 e. The van der Waals surface area contributed by atoms with Crippen molar-refractivity contribution in [2.75, 3.05) is 12.8 Å². The van der Waals surface area contributed by atoms with E-state index >= 15 is 0 Å². The van der Waals surface area contributed by atoms with Crippen molar-refractivity contribution in [2.45, 2.75) is 45.1 Å². The number of methoxy groups -OCH3 is 1. The van der Waals surface area contributed by atoms with Crippen LogP contribution in [0, 0.1) is 5.92 Å². The Morgan fingerprint density at radius 2 is 2.10 bits per heavy atom. The highest BCUT2D eigenvalue weighted by Gasteiger charge is 2.27. The summed E-state index contributed by atoms with van der Waals surface area (Å²) in [7, 11) is 1.57. The zero-order chi connectivity index (χ0) is 14.5. The molecule has 0 spiro atoms. The zero-order valence-corrected chi connectivity index (χ0v) is 12.2. The predicted molar refractivity (Wildman–Crippen MR) is 78.9 cm³/mol. The van der Waals surface area contributed by atoms with E-state index in [1.165, 1.54) is 6.42 Å². The Labute approximate surface area is 120 Å². The number of hydrogen-bond acceptors (Lipinski definition) is 4. The van der Waals surface area contributed by atoms with Crippen LogP contribution >= 0.6 is 0 Å². The van der Waals surface area contributed by atoms with Crippen LogP contribution in [-0.4, -0.2) is 19.2 Å². The largest absolute Gasteiger partial charge is 0.497 e. The number of rotatable bonds is 4. The molecule has 1 aliphatic rings. The monoisotopic (exact) mass is 277 g/mol. The summed E-state index contributed by atoms with van der Waals surface area (Å²) in [4.78, 5) is 12.3. The fourth-order valence-corrected chi connectivity index (χ4v) is 2.85. The van der Waals surface area contributed by atoms with Crippen molar-refractivity contribution in [3.05, 3.63) is 23.8 Å². The third kappa shape index (κ3) is 3.24. The number of nitrogens with two attached hydrogens (primary N) is 1. The summed E-state index contributed by atoms with van der Waals surface area (Å²) in [5.41, 5.74) is 6.71. The number of benzene rings is 1. The number of anilines is 1. The Hall–Kier alpha value is -1.71. The summed E-state index contributed by atoms with van der Waals surface area (Å²) >= 11 is 0. The van der Waals surface area contributed by atoms with Crippen LogP contribution in [0.25, 0.3) is 0 Å². The van der Waals surface area contributed by atoms with Gasteiger partial charge in [-0.3, -0.25) is 0 Å². The van der Waals surface area contributed by atoms with E-state index in [2.05, 4.69) is 6.92 Å². The molecule has 1 fully saturated rings. The molecule has 110 valence electrons. The van der Waals surface area contributed by atoms with Gasteiger partial charge in [-0.2, -0.15) is 0 Å². The van der Waals surface area contributed by atoms with E-state index in [-0.39, 0.29) is 12.1 Å². The van der Waals surface area contributed by atoms with Crippen molar-refractivity contribution >= 4 is 11.7 Å². The molecule has 0 heterocycles. The molecule has 2 rings (SSSR count).